The fourth-order valence-electron chi connectivity index (χ4n) is 2.11. The SMILES string of the molecule is COc1ccc2ccccc2c1-c1cn[nH]c1. The summed E-state index contributed by atoms with van der Waals surface area (Å²) in [5.41, 5.74) is 2.12. The zero-order valence-corrected chi connectivity index (χ0v) is 9.47. The van der Waals surface area contributed by atoms with Crippen LogP contribution in [0, 0.1) is 0 Å². The molecule has 0 amide bonds. The van der Waals surface area contributed by atoms with E-state index >= 15 is 0 Å². The third-order valence-electron chi connectivity index (χ3n) is 2.90. The van der Waals surface area contributed by atoms with Gasteiger partial charge in [0.25, 0.3) is 0 Å². The van der Waals surface area contributed by atoms with Crippen molar-refractivity contribution in [2.24, 2.45) is 0 Å². The van der Waals surface area contributed by atoms with Gasteiger partial charge in [0.1, 0.15) is 5.75 Å². The summed E-state index contributed by atoms with van der Waals surface area (Å²) >= 11 is 0. The van der Waals surface area contributed by atoms with Crippen molar-refractivity contribution >= 4 is 10.8 Å². The van der Waals surface area contributed by atoms with E-state index in [0.29, 0.717) is 0 Å². The van der Waals surface area contributed by atoms with Crippen LogP contribution in [0.3, 0.4) is 0 Å². The molecular weight excluding hydrogens is 212 g/mol. The molecule has 17 heavy (non-hydrogen) atoms. The monoisotopic (exact) mass is 224 g/mol. The first-order valence-electron chi connectivity index (χ1n) is 5.45. The number of hydrogen-bond donors (Lipinski definition) is 1. The summed E-state index contributed by atoms with van der Waals surface area (Å²) in [4.78, 5) is 0. The van der Waals surface area contributed by atoms with Crippen LogP contribution in [0.15, 0.2) is 48.8 Å². The highest BCUT2D eigenvalue weighted by Gasteiger charge is 2.10. The van der Waals surface area contributed by atoms with E-state index < -0.39 is 0 Å². The minimum Gasteiger partial charge on any atom is -0.496 e. The molecule has 2 aromatic carbocycles. The molecule has 0 aliphatic rings. The van der Waals surface area contributed by atoms with E-state index in [1.807, 2.05) is 30.6 Å². The predicted molar refractivity (Wildman–Crippen MR) is 68.1 cm³/mol. The molecule has 3 nitrogen and oxygen atoms in total. The van der Waals surface area contributed by atoms with E-state index in [1.165, 1.54) is 10.8 Å². The minimum atomic E-state index is 0.866. The molecule has 1 heterocycles. The highest BCUT2D eigenvalue weighted by molar-refractivity contribution is 5.99. The number of nitrogens with one attached hydrogen (secondary N) is 1. The number of fused-ring (bicyclic) bond motifs is 1. The van der Waals surface area contributed by atoms with Crippen LogP contribution in [0.1, 0.15) is 0 Å². The zero-order valence-electron chi connectivity index (χ0n) is 9.47. The van der Waals surface area contributed by atoms with E-state index in [9.17, 15) is 0 Å². The summed E-state index contributed by atoms with van der Waals surface area (Å²) in [5.74, 6) is 0.866. The highest BCUT2D eigenvalue weighted by atomic mass is 16.5. The number of nitrogens with zero attached hydrogens (tertiary/aromatic N) is 1. The van der Waals surface area contributed by atoms with Gasteiger partial charge in [0.2, 0.25) is 0 Å². The number of aromatic nitrogens is 2. The molecule has 0 bridgehead atoms. The Hall–Kier alpha value is -2.29. The van der Waals surface area contributed by atoms with Gasteiger partial charge in [-0.25, -0.2) is 0 Å². The summed E-state index contributed by atoms with van der Waals surface area (Å²) in [7, 11) is 1.69. The van der Waals surface area contributed by atoms with Gasteiger partial charge in [-0.3, -0.25) is 5.10 Å². The summed E-state index contributed by atoms with van der Waals surface area (Å²) in [6.45, 7) is 0. The topological polar surface area (TPSA) is 37.9 Å². The van der Waals surface area contributed by atoms with Crippen LogP contribution in [0.2, 0.25) is 0 Å². The Labute approximate surface area is 99.0 Å². The molecular formula is C14H12N2O. The normalized spacial score (nSPS) is 10.6. The number of rotatable bonds is 2. The number of aromatic amines is 1. The average Bonchev–Trinajstić information content (AvgIpc) is 2.91. The number of H-pyrrole nitrogens is 1. The van der Waals surface area contributed by atoms with Crippen LogP contribution >= 0.6 is 0 Å². The zero-order chi connectivity index (χ0) is 11.7. The van der Waals surface area contributed by atoms with Gasteiger partial charge in [0, 0.05) is 17.3 Å². The molecule has 1 aromatic heterocycles. The molecule has 0 fully saturated rings. The molecule has 0 unspecified atom stereocenters. The Morgan fingerprint density at radius 3 is 2.76 bits per heavy atom. The van der Waals surface area contributed by atoms with Crippen molar-refractivity contribution in [2.75, 3.05) is 7.11 Å². The molecule has 3 heteroatoms. The van der Waals surface area contributed by atoms with Gasteiger partial charge in [-0.1, -0.05) is 30.3 Å². The summed E-state index contributed by atoms with van der Waals surface area (Å²) in [6, 6.07) is 12.3. The summed E-state index contributed by atoms with van der Waals surface area (Å²) < 4.78 is 5.44. The largest absolute Gasteiger partial charge is 0.496 e. The van der Waals surface area contributed by atoms with Crippen molar-refractivity contribution in [1.29, 1.82) is 0 Å². The van der Waals surface area contributed by atoms with Crippen molar-refractivity contribution in [3.8, 4) is 16.9 Å². The molecule has 84 valence electrons. The molecule has 0 saturated heterocycles. The minimum absolute atomic E-state index is 0.866. The Bertz CT molecular complexity index is 644. The van der Waals surface area contributed by atoms with Gasteiger partial charge in [-0.2, -0.15) is 5.10 Å². The van der Waals surface area contributed by atoms with Gasteiger partial charge in [0.15, 0.2) is 0 Å². The van der Waals surface area contributed by atoms with Gasteiger partial charge in [-0.05, 0) is 16.8 Å². The Morgan fingerprint density at radius 2 is 2.00 bits per heavy atom. The van der Waals surface area contributed by atoms with Crippen molar-refractivity contribution in [3.05, 3.63) is 48.8 Å². The molecule has 0 radical (unpaired) electrons. The quantitative estimate of drug-likeness (QED) is 0.725. The van der Waals surface area contributed by atoms with Crippen molar-refractivity contribution in [1.82, 2.24) is 10.2 Å². The van der Waals surface area contributed by atoms with Gasteiger partial charge < -0.3 is 4.74 Å². The first-order valence-corrected chi connectivity index (χ1v) is 5.45. The smallest absolute Gasteiger partial charge is 0.127 e. The molecule has 3 rings (SSSR count). The Morgan fingerprint density at radius 1 is 1.12 bits per heavy atom. The van der Waals surface area contributed by atoms with Crippen molar-refractivity contribution in [3.63, 3.8) is 0 Å². The van der Waals surface area contributed by atoms with E-state index in [1.54, 1.807) is 7.11 Å². The van der Waals surface area contributed by atoms with E-state index in [2.05, 4.69) is 28.4 Å². The Kier molecular flexibility index (Phi) is 2.29. The molecule has 3 aromatic rings. The molecule has 0 aliphatic heterocycles. The average molecular weight is 224 g/mol. The van der Waals surface area contributed by atoms with Crippen molar-refractivity contribution < 1.29 is 4.74 Å². The summed E-state index contributed by atoms with van der Waals surface area (Å²) in [6.07, 6.45) is 3.69. The maximum atomic E-state index is 5.44. The molecule has 0 saturated carbocycles. The lowest BCUT2D eigenvalue weighted by molar-refractivity contribution is 0.417. The first kappa shape index (κ1) is 9.90. The maximum absolute atomic E-state index is 5.44. The lowest BCUT2D eigenvalue weighted by Crippen LogP contribution is -1.88. The lowest BCUT2D eigenvalue weighted by Gasteiger charge is -2.10. The van der Waals surface area contributed by atoms with Crippen LogP contribution in [-0.4, -0.2) is 17.3 Å². The molecule has 0 aliphatic carbocycles. The Balaban J connectivity index is 2.39. The molecule has 0 spiro atoms. The predicted octanol–water partition coefficient (Wildman–Crippen LogP) is 3.24. The van der Waals surface area contributed by atoms with Gasteiger partial charge in [0.05, 0.1) is 13.3 Å². The van der Waals surface area contributed by atoms with E-state index in [-0.39, 0.29) is 0 Å². The fraction of sp³-hybridized carbons (Fsp3) is 0.0714. The lowest BCUT2D eigenvalue weighted by atomic mass is 9.99. The van der Waals surface area contributed by atoms with Gasteiger partial charge in [-0.15, -0.1) is 0 Å². The number of benzene rings is 2. The summed E-state index contributed by atoms with van der Waals surface area (Å²) in [5, 5.41) is 9.21. The van der Waals surface area contributed by atoms with E-state index in [0.717, 1.165) is 16.9 Å². The van der Waals surface area contributed by atoms with Gasteiger partial charge >= 0.3 is 0 Å². The number of ether oxygens (including phenoxy) is 1. The first-order chi connectivity index (χ1) is 8.40. The van der Waals surface area contributed by atoms with Crippen molar-refractivity contribution in [2.45, 2.75) is 0 Å². The molecule has 1 N–H and O–H groups in total. The number of methoxy groups -OCH3 is 1. The second-order valence-electron chi connectivity index (χ2n) is 3.85. The van der Waals surface area contributed by atoms with Crippen LogP contribution in [0.4, 0.5) is 0 Å². The maximum Gasteiger partial charge on any atom is 0.127 e. The second-order valence-corrected chi connectivity index (χ2v) is 3.85. The third kappa shape index (κ3) is 1.56. The third-order valence-corrected chi connectivity index (χ3v) is 2.90. The second kappa shape index (κ2) is 3.94. The number of hydrogen-bond acceptors (Lipinski definition) is 2. The fourth-order valence-corrected chi connectivity index (χ4v) is 2.11. The van der Waals surface area contributed by atoms with Crippen LogP contribution in [-0.2, 0) is 0 Å². The van der Waals surface area contributed by atoms with E-state index in [4.69, 9.17) is 4.74 Å². The van der Waals surface area contributed by atoms with Crippen LogP contribution in [0.25, 0.3) is 21.9 Å². The highest BCUT2D eigenvalue weighted by Crippen LogP contribution is 2.36. The van der Waals surface area contributed by atoms with Crippen LogP contribution < -0.4 is 4.74 Å². The standard InChI is InChI=1S/C14H12N2O/c1-17-13-7-6-10-4-2-3-5-12(10)14(13)11-8-15-16-9-11/h2-9H,1H3,(H,15,16). The van der Waals surface area contributed by atoms with Crippen LogP contribution in [0.5, 0.6) is 5.75 Å². The molecule has 0 atom stereocenters.